The van der Waals surface area contributed by atoms with Crippen LogP contribution in [-0.2, 0) is 0 Å². The predicted octanol–water partition coefficient (Wildman–Crippen LogP) is 4.38. The molecule has 1 aromatic rings. The fourth-order valence-electron chi connectivity index (χ4n) is 3.83. The summed E-state index contributed by atoms with van der Waals surface area (Å²) in [6, 6.07) is 2.46. The molecule has 5 heteroatoms. The Hall–Kier alpha value is -1.46. The van der Waals surface area contributed by atoms with Crippen molar-refractivity contribution >= 4 is 0 Å². The molecule has 0 amide bonds. The number of rotatable bonds is 2. The number of hydrogen-bond donors (Lipinski definition) is 1. The van der Waals surface area contributed by atoms with Crippen molar-refractivity contribution in [3.8, 4) is 17.2 Å². The maximum absolute atomic E-state index is 6.30. The van der Waals surface area contributed by atoms with Crippen LogP contribution in [0.2, 0.25) is 0 Å². The number of methoxy groups -OCH3 is 1. The van der Waals surface area contributed by atoms with Gasteiger partial charge in [-0.25, -0.2) is 0 Å². The summed E-state index contributed by atoms with van der Waals surface area (Å²) in [5, 5.41) is 5.74. The van der Waals surface area contributed by atoms with Crippen molar-refractivity contribution in [1.82, 2.24) is 10.4 Å². The van der Waals surface area contributed by atoms with E-state index in [1.54, 1.807) is 7.11 Å². The number of nitrogens with zero attached hydrogens (tertiary/aromatic N) is 1. The highest BCUT2D eigenvalue weighted by atomic mass is 16.7. The second kappa shape index (κ2) is 6.06. The van der Waals surface area contributed by atoms with E-state index in [0.717, 1.165) is 34.8 Å². The molecule has 0 aromatic heterocycles. The molecule has 5 nitrogen and oxygen atoms in total. The van der Waals surface area contributed by atoms with Crippen molar-refractivity contribution in [3.63, 3.8) is 0 Å². The van der Waals surface area contributed by atoms with Gasteiger partial charge in [0.2, 0.25) is 0 Å². The van der Waals surface area contributed by atoms with Crippen LogP contribution in [0, 0.1) is 0 Å². The molecule has 3 rings (SSSR count). The Morgan fingerprint density at radius 1 is 1.16 bits per heavy atom. The van der Waals surface area contributed by atoms with Gasteiger partial charge in [0.05, 0.1) is 25.3 Å². The average molecular weight is 348 g/mol. The summed E-state index contributed by atoms with van der Waals surface area (Å²) in [6.45, 7) is 15.9. The van der Waals surface area contributed by atoms with Gasteiger partial charge in [-0.05, 0) is 54.5 Å². The standard InChI is InChI=1S/C20H32N2O3/c1-12-16-15(23-8)11-13-14(21-19(2,3)4)9-10-24-17(13)18(16)25-22(12)20(5,6)7/h11-12,14,21H,9-10H2,1-8H3. The summed E-state index contributed by atoms with van der Waals surface area (Å²) in [5.41, 5.74) is 2.11. The van der Waals surface area contributed by atoms with Crippen LogP contribution in [-0.4, -0.2) is 29.9 Å². The maximum atomic E-state index is 6.30. The molecule has 0 radical (unpaired) electrons. The zero-order valence-electron chi connectivity index (χ0n) is 16.8. The summed E-state index contributed by atoms with van der Waals surface area (Å²) in [5.74, 6) is 2.55. The summed E-state index contributed by atoms with van der Waals surface area (Å²) >= 11 is 0. The summed E-state index contributed by atoms with van der Waals surface area (Å²) in [4.78, 5) is 6.30. The van der Waals surface area contributed by atoms with Crippen molar-refractivity contribution in [2.24, 2.45) is 0 Å². The van der Waals surface area contributed by atoms with E-state index < -0.39 is 0 Å². The zero-order valence-corrected chi connectivity index (χ0v) is 16.8. The number of hydroxylamine groups is 2. The van der Waals surface area contributed by atoms with Crippen molar-refractivity contribution in [2.75, 3.05) is 13.7 Å². The van der Waals surface area contributed by atoms with Crippen molar-refractivity contribution in [1.29, 1.82) is 0 Å². The van der Waals surface area contributed by atoms with Gasteiger partial charge in [-0.3, -0.25) is 0 Å². The normalized spacial score (nSPS) is 23.5. The van der Waals surface area contributed by atoms with Crippen LogP contribution in [0.15, 0.2) is 6.07 Å². The average Bonchev–Trinajstić information content (AvgIpc) is 2.84. The smallest absolute Gasteiger partial charge is 0.198 e. The van der Waals surface area contributed by atoms with E-state index in [0.29, 0.717) is 6.61 Å². The fourth-order valence-corrected chi connectivity index (χ4v) is 3.83. The van der Waals surface area contributed by atoms with E-state index >= 15 is 0 Å². The van der Waals surface area contributed by atoms with Crippen LogP contribution < -0.4 is 19.6 Å². The highest BCUT2D eigenvalue weighted by molar-refractivity contribution is 5.62. The van der Waals surface area contributed by atoms with E-state index in [4.69, 9.17) is 14.3 Å². The predicted molar refractivity (Wildman–Crippen MR) is 99.4 cm³/mol. The monoisotopic (exact) mass is 348 g/mol. The Balaban J connectivity index is 2.09. The number of nitrogens with one attached hydrogen (secondary N) is 1. The molecule has 0 spiro atoms. The molecule has 1 aromatic carbocycles. The maximum Gasteiger partial charge on any atom is 0.198 e. The van der Waals surface area contributed by atoms with E-state index in [2.05, 4.69) is 59.8 Å². The van der Waals surface area contributed by atoms with Crippen molar-refractivity contribution in [3.05, 3.63) is 17.2 Å². The summed E-state index contributed by atoms with van der Waals surface area (Å²) < 4.78 is 11.8. The molecule has 2 unspecified atom stereocenters. The van der Waals surface area contributed by atoms with E-state index in [1.165, 1.54) is 0 Å². The van der Waals surface area contributed by atoms with Gasteiger partial charge in [0.1, 0.15) is 5.75 Å². The van der Waals surface area contributed by atoms with Gasteiger partial charge in [-0.15, -0.1) is 5.06 Å². The molecular formula is C20H32N2O3. The van der Waals surface area contributed by atoms with Gasteiger partial charge >= 0.3 is 0 Å². The molecule has 0 fully saturated rings. The third-order valence-electron chi connectivity index (χ3n) is 4.74. The molecule has 2 heterocycles. The third-order valence-corrected chi connectivity index (χ3v) is 4.74. The molecule has 0 bridgehead atoms. The van der Waals surface area contributed by atoms with Crippen molar-refractivity contribution in [2.45, 2.75) is 78.0 Å². The van der Waals surface area contributed by atoms with Gasteiger partial charge in [0.25, 0.3) is 0 Å². The molecule has 2 aliphatic heterocycles. The minimum Gasteiger partial charge on any atom is -0.496 e. The van der Waals surface area contributed by atoms with Crippen LogP contribution in [0.5, 0.6) is 17.2 Å². The van der Waals surface area contributed by atoms with Crippen LogP contribution >= 0.6 is 0 Å². The molecule has 1 N–H and O–H groups in total. The zero-order chi connectivity index (χ0) is 18.6. The van der Waals surface area contributed by atoms with E-state index in [9.17, 15) is 0 Å². The molecule has 25 heavy (non-hydrogen) atoms. The van der Waals surface area contributed by atoms with Crippen molar-refractivity contribution < 1.29 is 14.3 Å². The second-order valence-electron chi connectivity index (χ2n) is 9.09. The minimum absolute atomic E-state index is 0.0249. The minimum atomic E-state index is -0.117. The van der Waals surface area contributed by atoms with Gasteiger partial charge in [-0.2, -0.15) is 0 Å². The Kier molecular flexibility index (Phi) is 4.44. The Morgan fingerprint density at radius 3 is 2.40 bits per heavy atom. The number of fused-ring (bicyclic) bond motifs is 3. The Morgan fingerprint density at radius 2 is 1.84 bits per heavy atom. The van der Waals surface area contributed by atoms with Gasteiger partial charge in [-0.1, -0.05) is 0 Å². The molecular weight excluding hydrogens is 316 g/mol. The lowest BCUT2D eigenvalue weighted by Crippen LogP contribution is -2.42. The molecule has 2 atom stereocenters. The first-order chi connectivity index (χ1) is 11.5. The molecule has 0 saturated carbocycles. The highest BCUT2D eigenvalue weighted by Crippen LogP contribution is 2.54. The number of ether oxygens (including phenoxy) is 2. The van der Waals surface area contributed by atoms with Crippen LogP contribution in [0.4, 0.5) is 0 Å². The summed E-state index contributed by atoms with van der Waals surface area (Å²) in [6.07, 6.45) is 0.935. The Labute approximate surface area is 151 Å². The molecule has 0 saturated heterocycles. The molecule has 140 valence electrons. The highest BCUT2D eigenvalue weighted by Gasteiger charge is 2.43. The van der Waals surface area contributed by atoms with E-state index in [1.807, 2.05) is 5.06 Å². The van der Waals surface area contributed by atoms with E-state index in [-0.39, 0.29) is 23.2 Å². The first kappa shape index (κ1) is 18.3. The quantitative estimate of drug-likeness (QED) is 0.859. The summed E-state index contributed by atoms with van der Waals surface area (Å²) in [7, 11) is 1.73. The fraction of sp³-hybridized carbons (Fsp3) is 0.700. The number of benzene rings is 1. The molecule has 0 aliphatic carbocycles. The topological polar surface area (TPSA) is 43.0 Å². The SMILES string of the molecule is COc1cc2c(c3c1C(C)N(C(C)(C)C)O3)OCCC2NC(C)(C)C. The molecule has 2 aliphatic rings. The second-order valence-corrected chi connectivity index (χ2v) is 9.09. The first-order valence-corrected chi connectivity index (χ1v) is 9.15. The van der Waals surface area contributed by atoms with Crippen LogP contribution in [0.3, 0.4) is 0 Å². The van der Waals surface area contributed by atoms with Crippen LogP contribution in [0.1, 0.15) is 78.1 Å². The largest absolute Gasteiger partial charge is 0.496 e. The van der Waals surface area contributed by atoms with Gasteiger partial charge in [0.15, 0.2) is 11.5 Å². The lowest BCUT2D eigenvalue weighted by Gasteiger charge is -2.34. The van der Waals surface area contributed by atoms with Gasteiger partial charge in [0, 0.05) is 29.1 Å². The lowest BCUT2D eigenvalue weighted by molar-refractivity contribution is -0.135. The third kappa shape index (κ3) is 3.32. The van der Waals surface area contributed by atoms with Gasteiger partial charge < -0.3 is 19.6 Å². The number of hydrogen-bond acceptors (Lipinski definition) is 5. The first-order valence-electron chi connectivity index (χ1n) is 9.15. The van der Waals surface area contributed by atoms with Crippen LogP contribution in [0.25, 0.3) is 0 Å². The Bertz CT molecular complexity index is 658. The lowest BCUT2D eigenvalue weighted by atomic mass is 9.93.